The highest BCUT2D eigenvalue weighted by molar-refractivity contribution is 6.64. The fraction of sp³-hybridized carbons (Fsp3) is 0.571. The summed E-state index contributed by atoms with van der Waals surface area (Å²) in [6.07, 6.45) is 4.75. The van der Waals surface area contributed by atoms with Crippen molar-refractivity contribution >= 4 is 17.6 Å². The number of hydrogen-bond acceptors (Lipinski definition) is 6. The maximum absolute atomic E-state index is 15.3. The zero-order chi connectivity index (χ0) is 20.7. The van der Waals surface area contributed by atoms with Gasteiger partial charge in [0.25, 0.3) is 5.91 Å². The number of carbonyl (C=O) groups is 2. The Morgan fingerprint density at radius 3 is 2.86 bits per heavy atom. The highest BCUT2D eigenvalue weighted by atomic mass is 19.1. The van der Waals surface area contributed by atoms with Gasteiger partial charge in [-0.1, -0.05) is 13.8 Å². The summed E-state index contributed by atoms with van der Waals surface area (Å²) >= 11 is 0. The summed E-state index contributed by atoms with van der Waals surface area (Å²) in [6, 6.07) is -0.458. The molecular weight excluding hydrogens is 377 g/mol. The topological polar surface area (TPSA) is 80.2 Å². The molecule has 0 radical (unpaired) electrons. The molecule has 0 spiro atoms. The van der Waals surface area contributed by atoms with Crippen molar-refractivity contribution in [1.82, 2.24) is 10.2 Å². The predicted octanol–water partition coefficient (Wildman–Crippen LogP) is 2.50. The highest BCUT2D eigenvalue weighted by Crippen LogP contribution is 2.41. The number of halogens is 1. The second-order valence-electron chi connectivity index (χ2n) is 7.56. The van der Waals surface area contributed by atoms with Crippen molar-refractivity contribution in [2.24, 2.45) is 4.99 Å². The first-order chi connectivity index (χ1) is 14.0. The summed E-state index contributed by atoms with van der Waals surface area (Å²) in [6.45, 7) is 5.78. The molecule has 4 unspecified atom stereocenters. The van der Waals surface area contributed by atoms with Gasteiger partial charge < -0.3 is 14.8 Å². The lowest BCUT2D eigenvalue weighted by Gasteiger charge is -2.44. The summed E-state index contributed by atoms with van der Waals surface area (Å²) in [5, 5.41) is 3.51. The Balaban J connectivity index is 1.75. The van der Waals surface area contributed by atoms with E-state index in [2.05, 4.69) is 17.2 Å². The Morgan fingerprint density at radius 2 is 2.17 bits per heavy atom. The minimum Gasteiger partial charge on any atom is -0.463 e. The van der Waals surface area contributed by atoms with Crippen LogP contribution in [0.3, 0.4) is 0 Å². The van der Waals surface area contributed by atoms with Crippen LogP contribution in [-0.2, 0) is 19.1 Å². The van der Waals surface area contributed by atoms with E-state index in [4.69, 9.17) is 9.47 Å². The van der Waals surface area contributed by atoms with Crippen LogP contribution in [0.1, 0.15) is 46.5 Å². The molecule has 1 aliphatic carbocycles. The Hall–Kier alpha value is -2.48. The van der Waals surface area contributed by atoms with Gasteiger partial charge in [-0.2, -0.15) is 0 Å². The van der Waals surface area contributed by atoms with E-state index in [1.165, 1.54) is 11.2 Å². The Labute approximate surface area is 169 Å². The molecule has 0 aromatic heterocycles. The summed E-state index contributed by atoms with van der Waals surface area (Å²) in [7, 11) is 0. The fourth-order valence-corrected chi connectivity index (χ4v) is 4.36. The number of rotatable bonds is 4. The zero-order valence-electron chi connectivity index (χ0n) is 16.9. The molecule has 1 amide bonds. The van der Waals surface area contributed by atoms with Crippen LogP contribution in [0.15, 0.2) is 40.1 Å². The smallest absolute Gasteiger partial charge is 0.362 e. The lowest BCUT2D eigenvalue weighted by Crippen LogP contribution is -2.54. The van der Waals surface area contributed by atoms with Crippen molar-refractivity contribution in [2.75, 3.05) is 6.61 Å². The molecule has 1 N–H and O–H groups in total. The quantitative estimate of drug-likeness (QED) is 0.576. The van der Waals surface area contributed by atoms with E-state index in [1.54, 1.807) is 13.0 Å². The van der Waals surface area contributed by atoms with Crippen LogP contribution >= 0.6 is 0 Å². The normalized spacial score (nSPS) is 31.0. The minimum atomic E-state index is -1.50. The van der Waals surface area contributed by atoms with Crippen LogP contribution in [-0.4, -0.2) is 53.4 Å². The van der Waals surface area contributed by atoms with E-state index in [-0.39, 0.29) is 24.1 Å². The lowest BCUT2D eigenvalue weighted by molar-refractivity contribution is -0.136. The maximum Gasteiger partial charge on any atom is 0.362 e. The van der Waals surface area contributed by atoms with E-state index < -0.39 is 24.1 Å². The van der Waals surface area contributed by atoms with E-state index in [1.807, 2.05) is 6.92 Å². The number of carbonyl (C=O) groups excluding carboxylic acids is 2. The largest absolute Gasteiger partial charge is 0.463 e. The average Bonchev–Trinajstić information content (AvgIpc) is 2.73. The number of hydrogen-bond donors (Lipinski definition) is 1. The van der Waals surface area contributed by atoms with Crippen molar-refractivity contribution in [3.63, 3.8) is 0 Å². The maximum atomic E-state index is 15.3. The van der Waals surface area contributed by atoms with Crippen molar-refractivity contribution < 1.29 is 23.5 Å². The first kappa shape index (κ1) is 19.8. The third kappa shape index (κ3) is 3.19. The van der Waals surface area contributed by atoms with E-state index in [9.17, 15) is 9.59 Å². The Morgan fingerprint density at radius 1 is 1.38 bits per heavy atom. The molecular formula is C21H26FN3O4. The van der Waals surface area contributed by atoms with Gasteiger partial charge in [-0.05, 0) is 44.3 Å². The van der Waals surface area contributed by atoms with Gasteiger partial charge in [0.1, 0.15) is 17.7 Å². The number of ether oxygens (including phenoxy) is 2. The van der Waals surface area contributed by atoms with Crippen LogP contribution in [0.4, 0.5) is 4.39 Å². The van der Waals surface area contributed by atoms with Crippen molar-refractivity contribution in [3.05, 3.63) is 35.1 Å². The van der Waals surface area contributed by atoms with E-state index in [0.29, 0.717) is 23.9 Å². The van der Waals surface area contributed by atoms with Crippen molar-refractivity contribution in [1.29, 1.82) is 0 Å². The Bertz CT molecular complexity index is 860. The van der Waals surface area contributed by atoms with Gasteiger partial charge in [0.2, 0.25) is 5.71 Å². The number of esters is 1. The third-order valence-electron chi connectivity index (χ3n) is 5.88. The molecule has 0 aromatic rings. The Kier molecular flexibility index (Phi) is 5.29. The molecule has 156 valence electrons. The van der Waals surface area contributed by atoms with Crippen LogP contribution in [0.2, 0.25) is 0 Å². The average molecular weight is 403 g/mol. The van der Waals surface area contributed by atoms with Gasteiger partial charge in [-0.25, -0.2) is 9.18 Å². The molecule has 8 heteroatoms. The second-order valence-corrected chi connectivity index (χ2v) is 7.56. The first-order valence-corrected chi connectivity index (χ1v) is 10.3. The molecule has 0 bridgehead atoms. The third-order valence-corrected chi connectivity index (χ3v) is 5.88. The van der Waals surface area contributed by atoms with Crippen LogP contribution < -0.4 is 5.32 Å². The van der Waals surface area contributed by atoms with Crippen LogP contribution in [0, 0.1) is 0 Å². The van der Waals surface area contributed by atoms with Gasteiger partial charge >= 0.3 is 5.97 Å². The summed E-state index contributed by atoms with van der Waals surface area (Å²) in [5.74, 6) is -1.06. The number of nitrogens with one attached hydrogen (secondary N) is 1. The summed E-state index contributed by atoms with van der Waals surface area (Å²) in [4.78, 5) is 31.0. The number of aliphatic imine (C=N–C) groups is 1. The molecule has 29 heavy (non-hydrogen) atoms. The van der Waals surface area contributed by atoms with Gasteiger partial charge in [-0.15, -0.1) is 0 Å². The number of amides is 1. The zero-order valence-corrected chi connectivity index (χ0v) is 16.9. The summed E-state index contributed by atoms with van der Waals surface area (Å²) < 4.78 is 26.2. The van der Waals surface area contributed by atoms with Crippen LogP contribution in [0.5, 0.6) is 0 Å². The fourth-order valence-electron chi connectivity index (χ4n) is 4.36. The van der Waals surface area contributed by atoms with Crippen LogP contribution in [0.25, 0.3) is 0 Å². The van der Waals surface area contributed by atoms with E-state index >= 15 is 4.39 Å². The highest BCUT2D eigenvalue weighted by Gasteiger charge is 2.47. The molecule has 0 aromatic carbocycles. The molecule has 1 saturated heterocycles. The lowest BCUT2D eigenvalue weighted by atomic mass is 9.84. The molecule has 3 aliphatic heterocycles. The molecule has 4 aliphatic rings. The number of nitrogens with zero attached hydrogens (tertiary/aromatic N) is 2. The molecule has 7 nitrogen and oxygen atoms in total. The minimum absolute atomic E-state index is 0.129. The molecule has 0 saturated carbocycles. The number of piperidine rings is 1. The SMILES string of the molecule is CCOC(=O)C1=NC(CC)C2=COC3=C(C(F)C=C4CCC(CC)NC43)N2C1=O. The molecule has 1 fully saturated rings. The summed E-state index contributed by atoms with van der Waals surface area (Å²) in [5.41, 5.74) is 1.23. The van der Waals surface area contributed by atoms with Gasteiger partial charge in [0, 0.05) is 6.04 Å². The molecule has 4 rings (SSSR count). The van der Waals surface area contributed by atoms with Gasteiger partial charge in [0.05, 0.1) is 24.4 Å². The standard InChI is InChI=1S/C21H26FN3O4/c1-4-12-8-7-11-9-13(22)18-19(16(11)23-12)29-10-15-14(5-2)24-17(20(26)25(15)18)21(27)28-6-3/h9-10,12-14,16,23H,4-8H2,1-3H3. The van der Waals surface area contributed by atoms with E-state index in [0.717, 1.165) is 24.8 Å². The monoisotopic (exact) mass is 403 g/mol. The van der Waals surface area contributed by atoms with Gasteiger partial charge in [-0.3, -0.25) is 14.7 Å². The first-order valence-electron chi connectivity index (χ1n) is 10.3. The number of fused-ring (bicyclic) bond motifs is 4. The molecule has 4 atom stereocenters. The number of alkyl halides is 1. The second kappa shape index (κ2) is 7.74. The predicted molar refractivity (Wildman–Crippen MR) is 104 cm³/mol. The van der Waals surface area contributed by atoms with Gasteiger partial charge in [0.15, 0.2) is 6.17 Å². The van der Waals surface area contributed by atoms with Crippen molar-refractivity contribution in [2.45, 2.75) is 70.8 Å². The van der Waals surface area contributed by atoms with Crippen molar-refractivity contribution in [3.8, 4) is 0 Å². The molecule has 3 heterocycles. The number of allylic oxidation sites excluding steroid dienone is 1.